The van der Waals surface area contributed by atoms with Crippen molar-refractivity contribution in [2.45, 2.75) is 18.9 Å². The lowest BCUT2D eigenvalue weighted by molar-refractivity contribution is 0.0516. The number of hydrogen-bond donors (Lipinski definition) is 1. The average molecular weight is 274 g/mol. The first-order valence-electron chi connectivity index (χ1n) is 5.31. The molecular formula is C11H16BrNO2. The summed E-state index contributed by atoms with van der Waals surface area (Å²) >= 11 is 3.33. The summed E-state index contributed by atoms with van der Waals surface area (Å²) < 4.78 is 11.8. The van der Waals surface area contributed by atoms with E-state index in [1.165, 1.54) is 0 Å². The Labute approximate surface area is 98.3 Å². The molecule has 4 heteroatoms. The Kier molecular flexibility index (Phi) is 3.83. The van der Waals surface area contributed by atoms with Crippen molar-refractivity contribution in [1.29, 1.82) is 0 Å². The van der Waals surface area contributed by atoms with Gasteiger partial charge in [0.25, 0.3) is 0 Å². The molecule has 1 aliphatic heterocycles. The van der Waals surface area contributed by atoms with Crippen molar-refractivity contribution in [3.8, 4) is 0 Å². The predicted octanol–water partition coefficient (Wildman–Crippen LogP) is 2.73. The van der Waals surface area contributed by atoms with Gasteiger partial charge in [-0.05, 0) is 53.9 Å². The number of ether oxygens (including phenoxy) is 1. The first-order chi connectivity index (χ1) is 7.31. The van der Waals surface area contributed by atoms with Crippen LogP contribution in [0.5, 0.6) is 0 Å². The highest BCUT2D eigenvalue weighted by Gasteiger charge is 2.26. The van der Waals surface area contributed by atoms with Crippen LogP contribution >= 0.6 is 15.9 Å². The quantitative estimate of drug-likeness (QED) is 0.920. The molecule has 0 radical (unpaired) electrons. The summed E-state index contributed by atoms with van der Waals surface area (Å²) in [4.78, 5) is 0. The second-order valence-electron chi connectivity index (χ2n) is 3.86. The van der Waals surface area contributed by atoms with Crippen LogP contribution in [0.15, 0.2) is 21.2 Å². The summed E-state index contributed by atoms with van der Waals surface area (Å²) in [5, 5.41) is 3.33. The summed E-state index contributed by atoms with van der Waals surface area (Å²) in [7, 11) is 1.98. The van der Waals surface area contributed by atoms with Crippen molar-refractivity contribution in [1.82, 2.24) is 5.32 Å². The van der Waals surface area contributed by atoms with E-state index < -0.39 is 0 Å². The minimum Gasteiger partial charge on any atom is -0.453 e. The highest BCUT2D eigenvalue weighted by molar-refractivity contribution is 9.10. The van der Waals surface area contributed by atoms with Gasteiger partial charge in [0, 0.05) is 13.2 Å². The summed E-state index contributed by atoms with van der Waals surface area (Å²) in [6, 6.07) is 4.28. The summed E-state index contributed by atoms with van der Waals surface area (Å²) in [5.74, 6) is 1.62. The first kappa shape index (κ1) is 11.2. The van der Waals surface area contributed by atoms with E-state index in [-0.39, 0.29) is 0 Å². The molecule has 1 N–H and O–H groups in total. The van der Waals surface area contributed by atoms with Crippen molar-refractivity contribution >= 4 is 15.9 Å². The van der Waals surface area contributed by atoms with Crippen molar-refractivity contribution in [3.05, 3.63) is 22.6 Å². The zero-order valence-electron chi connectivity index (χ0n) is 8.83. The van der Waals surface area contributed by atoms with E-state index in [2.05, 4.69) is 21.2 Å². The van der Waals surface area contributed by atoms with Crippen LogP contribution in [0.4, 0.5) is 0 Å². The van der Waals surface area contributed by atoms with Crippen LogP contribution in [0.1, 0.15) is 24.6 Å². The Hall–Kier alpha value is -0.320. The minimum absolute atomic E-state index is 0.306. The molecule has 84 valence electrons. The van der Waals surface area contributed by atoms with Crippen LogP contribution in [0.2, 0.25) is 0 Å². The Balaban J connectivity index is 2.08. The molecule has 2 heterocycles. The molecule has 0 spiro atoms. The molecule has 0 saturated carbocycles. The Morgan fingerprint density at radius 1 is 1.40 bits per heavy atom. The molecule has 1 aromatic heterocycles. The maximum Gasteiger partial charge on any atom is 0.169 e. The second-order valence-corrected chi connectivity index (χ2v) is 4.64. The fraction of sp³-hybridized carbons (Fsp3) is 0.636. The van der Waals surface area contributed by atoms with Crippen LogP contribution in [0.3, 0.4) is 0 Å². The number of furan rings is 1. The molecule has 1 aromatic rings. The van der Waals surface area contributed by atoms with E-state index >= 15 is 0 Å². The standard InChI is InChI=1S/C11H16BrNO2/c1-13-11(8-4-6-14-7-5-8)9-2-3-10(12)15-9/h2-3,8,11,13H,4-7H2,1H3. The van der Waals surface area contributed by atoms with E-state index in [1.54, 1.807) is 0 Å². The molecule has 15 heavy (non-hydrogen) atoms. The highest BCUT2D eigenvalue weighted by atomic mass is 79.9. The normalized spacial score (nSPS) is 20.4. The van der Waals surface area contributed by atoms with E-state index in [0.717, 1.165) is 36.5 Å². The van der Waals surface area contributed by atoms with E-state index in [9.17, 15) is 0 Å². The summed E-state index contributed by atoms with van der Waals surface area (Å²) in [6.45, 7) is 1.73. The Morgan fingerprint density at radius 3 is 2.67 bits per heavy atom. The SMILES string of the molecule is CNC(c1ccc(Br)o1)C1CCOCC1. The summed E-state index contributed by atoms with van der Waals surface area (Å²) in [5.41, 5.74) is 0. The third-order valence-electron chi connectivity index (χ3n) is 2.95. The number of rotatable bonds is 3. The highest BCUT2D eigenvalue weighted by Crippen LogP contribution is 2.31. The number of halogens is 1. The number of nitrogens with one attached hydrogen (secondary N) is 1. The van der Waals surface area contributed by atoms with Crippen molar-refractivity contribution < 1.29 is 9.15 Å². The van der Waals surface area contributed by atoms with Gasteiger partial charge in [0.15, 0.2) is 4.67 Å². The molecular weight excluding hydrogens is 258 g/mol. The molecule has 1 saturated heterocycles. The monoisotopic (exact) mass is 273 g/mol. The van der Waals surface area contributed by atoms with Crippen LogP contribution < -0.4 is 5.32 Å². The van der Waals surface area contributed by atoms with Crippen molar-refractivity contribution in [2.24, 2.45) is 5.92 Å². The van der Waals surface area contributed by atoms with Gasteiger partial charge in [-0.2, -0.15) is 0 Å². The lowest BCUT2D eigenvalue weighted by atomic mass is 9.90. The molecule has 3 nitrogen and oxygen atoms in total. The molecule has 1 aliphatic rings. The van der Waals surface area contributed by atoms with Crippen LogP contribution in [-0.4, -0.2) is 20.3 Å². The fourth-order valence-electron chi connectivity index (χ4n) is 2.15. The smallest absolute Gasteiger partial charge is 0.169 e. The van der Waals surface area contributed by atoms with Gasteiger partial charge in [-0.3, -0.25) is 0 Å². The van der Waals surface area contributed by atoms with E-state index in [1.807, 2.05) is 19.2 Å². The van der Waals surface area contributed by atoms with Gasteiger partial charge in [-0.1, -0.05) is 0 Å². The van der Waals surface area contributed by atoms with Crippen LogP contribution in [-0.2, 0) is 4.74 Å². The average Bonchev–Trinajstić information content (AvgIpc) is 2.68. The molecule has 0 aliphatic carbocycles. The van der Waals surface area contributed by atoms with Gasteiger partial charge in [0.2, 0.25) is 0 Å². The van der Waals surface area contributed by atoms with Gasteiger partial charge < -0.3 is 14.5 Å². The first-order valence-corrected chi connectivity index (χ1v) is 6.11. The molecule has 2 rings (SSSR count). The topological polar surface area (TPSA) is 34.4 Å². The molecule has 0 bridgehead atoms. The molecule has 1 atom stereocenters. The zero-order valence-corrected chi connectivity index (χ0v) is 10.4. The second kappa shape index (κ2) is 5.14. The molecule has 0 amide bonds. The van der Waals surface area contributed by atoms with E-state index in [0.29, 0.717) is 12.0 Å². The van der Waals surface area contributed by atoms with Gasteiger partial charge in [0.05, 0.1) is 6.04 Å². The molecule has 1 fully saturated rings. The van der Waals surface area contributed by atoms with Gasteiger partial charge in [-0.15, -0.1) is 0 Å². The Morgan fingerprint density at radius 2 is 2.13 bits per heavy atom. The Bertz CT molecular complexity index is 307. The van der Waals surface area contributed by atoms with Gasteiger partial charge in [0.1, 0.15) is 5.76 Å². The van der Waals surface area contributed by atoms with Crippen molar-refractivity contribution in [2.75, 3.05) is 20.3 Å². The minimum atomic E-state index is 0.306. The van der Waals surface area contributed by atoms with E-state index in [4.69, 9.17) is 9.15 Å². The predicted molar refractivity (Wildman–Crippen MR) is 61.8 cm³/mol. The molecule has 0 aromatic carbocycles. The van der Waals surface area contributed by atoms with Crippen LogP contribution in [0.25, 0.3) is 0 Å². The van der Waals surface area contributed by atoms with Gasteiger partial charge in [-0.25, -0.2) is 0 Å². The maximum atomic E-state index is 5.60. The van der Waals surface area contributed by atoms with Gasteiger partial charge >= 0.3 is 0 Å². The molecule has 1 unspecified atom stereocenters. The fourth-order valence-corrected chi connectivity index (χ4v) is 2.47. The third kappa shape index (κ3) is 2.62. The van der Waals surface area contributed by atoms with Crippen molar-refractivity contribution in [3.63, 3.8) is 0 Å². The van der Waals surface area contributed by atoms with Crippen LogP contribution in [0, 0.1) is 5.92 Å². The number of hydrogen-bond acceptors (Lipinski definition) is 3. The lowest BCUT2D eigenvalue weighted by Gasteiger charge is -2.28. The lowest BCUT2D eigenvalue weighted by Crippen LogP contribution is -2.29. The zero-order chi connectivity index (χ0) is 10.7. The maximum absolute atomic E-state index is 5.60. The third-order valence-corrected chi connectivity index (χ3v) is 3.38. The summed E-state index contributed by atoms with van der Waals surface area (Å²) in [6.07, 6.45) is 2.20. The largest absolute Gasteiger partial charge is 0.453 e.